The van der Waals surface area contributed by atoms with E-state index < -0.39 is 0 Å². The summed E-state index contributed by atoms with van der Waals surface area (Å²) in [7, 11) is 0. The maximum atomic E-state index is 13.1. The van der Waals surface area contributed by atoms with E-state index in [1.54, 1.807) is 12.1 Å². The number of rotatable bonds is 3. The number of carbonyl (C=O) groups excluding carboxylic acids is 1. The first-order valence-corrected chi connectivity index (χ1v) is 8.81. The van der Waals surface area contributed by atoms with Gasteiger partial charge >= 0.3 is 0 Å². The first-order valence-electron chi connectivity index (χ1n) is 8.00. The number of benzene rings is 1. The molecule has 1 aromatic carbocycles. The van der Waals surface area contributed by atoms with E-state index in [-0.39, 0.29) is 11.7 Å². The molecule has 1 aliphatic rings. The van der Waals surface area contributed by atoms with Gasteiger partial charge < -0.3 is 4.74 Å². The lowest BCUT2D eigenvalue weighted by atomic mass is 10.2. The number of aromatic nitrogens is 2. The van der Waals surface area contributed by atoms with Crippen LogP contribution < -0.4 is 5.43 Å². The van der Waals surface area contributed by atoms with Crippen molar-refractivity contribution < 1.29 is 13.9 Å². The Morgan fingerprint density at radius 3 is 2.68 bits per heavy atom. The van der Waals surface area contributed by atoms with Crippen molar-refractivity contribution in [3.63, 3.8) is 0 Å². The normalized spacial score (nSPS) is 15.6. The number of thiazole rings is 1. The smallest absolute Gasteiger partial charge is 0.277 e. The molecule has 25 heavy (non-hydrogen) atoms. The lowest BCUT2D eigenvalue weighted by Gasteiger charge is -2.26. The van der Waals surface area contributed by atoms with Crippen LogP contribution >= 0.6 is 11.3 Å². The quantitative estimate of drug-likeness (QED) is 0.780. The molecule has 130 valence electrons. The Labute approximate surface area is 147 Å². The average molecular weight is 360 g/mol. The molecular weight excluding hydrogens is 343 g/mol. The third-order valence-electron chi connectivity index (χ3n) is 4.17. The van der Waals surface area contributed by atoms with Gasteiger partial charge in [-0.3, -0.25) is 14.6 Å². The second-order valence-corrected chi connectivity index (χ2v) is 6.82. The molecule has 0 bridgehead atoms. The van der Waals surface area contributed by atoms with E-state index in [0.717, 1.165) is 21.9 Å². The van der Waals surface area contributed by atoms with Crippen LogP contribution in [-0.2, 0) is 4.74 Å². The van der Waals surface area contributed by atoms with Gasteiger partial charge in [0.1, 0.15) is 10.7 Å². The molecule has 1 saturated heterocycles. The summed E-state index contributed by atoms with van der Waals surface area (Å²) < 4.78 is 20.2. The molecule has 6 nitrogen and oxygen atoms in total. The minimum Gasteiger partial charge on any atom is -0.379 e. The zero-order chi connectivity index (χ0) is 17.4. The van der Waals surface area contributed by atoms with Crippen LogP contribution in [0.25, 0.3) is 16.2 Å². The summed E-state index contributed by atoms with van der Waals surface area (Å²) in [6.45, 7) is 4.50. The van der Waals surface area contributed by atoms with Gasteiger partial charge in [0.05, 0.1) is 18.9 Å². The van der Waals surface area contributed by atoms with E-state index in [4.69, 9.17) is 4.74 Å². The number of fused-ring (bicyclic) bond motifs is 1. The van der Waals surface area contributed by atoms with Gasteiger partial charge in [0.2, 0.25) is 0 Å². The number of aryl methyl sites for hydroxylation is 1. The topological polar surface area (TPSA) is 58.9 Å². The number of hydrogen-bond acceptors (Lipinski definition) is 5. The molecule has 1 fully saturated rings. The number of morpholine rings is 1. The van der Waals surface area contributed by atoms with E-state index in [1.807, 2.05) is 22.5 Å². The van der Waals surface area contributed by atoms with Gasteiger partial charge in [-0.1, -0.05) is 11.3 Å². The Morgan fingerprint density at radius 2 is 2.00 bits per heavy atom. The SMILES string of the molecule is Cc1c(C(=O)NN2CCOCC2)sc2nc(-c3ccc(F)cc3)cn12. The Balaban J connectivity index is 1.59. The summed E-state index contributed by atoms with van der Waals surface area (Å²) in [4.78, 5) is 18.5. The van der Waals surface area contributed by atoms with Gasteiger partial charge in [-0.05, 0) is 31.2 Å². The van der Waals surface area contributed by atoms with Crippen LogP contribution in [-0.4, -0.2) is 46.6 Å². The number of amides is 1. The Hall–Kier alpha value is -2.29. The maximum absolute atomic E-state index is 13.1. The first-order chi connectivity index (χ1) is 12.1. The molecule has 0 saturated carbocycles. The molecule has 1 aliphatic heterocycles. The summed E-state index contributed by atoms with van der Waals surface area (Å²) in [5, 5.41) is 1.87. The largest absolute Gasteiger partial charge is 0.379 e. The highest BCUT2D eigenvalue weighted by Crippen LogP contribution is 2.27. The number of hydrazine groups is 1. The molecule has 8 heteroatoms. The number of ether oxygens (including phenoxy) is 1. The highest BCUT2D eigenvalue weighted by atomic mass is 32.1. The fourth-order valence-corrected chi connectivity index (χ4v) is 3.79. The zero-order valence-electron chi connectivity index (χ0n) is 13.7. The van der Waals surface area contributed by atoms with E-state index >= 15 is 0 Å². The van der Waals surface area contributed by atoms with Gasteiger partial charge in [0.15, 0.2) is 4.96 Å². The van der Waals surface area contributed by atoms with Crippen molar-refractivity contribution >= 4 is 22.2 Å². The van der Waals surface area contributed by atoms with Crippen LogP contribution in [0, 0.1) is 12.7 Å². The van der Waals surface area contributed by atoms with Gasteiger partial charge in [-0.2, -0.15) is 0 Å². The van der Waals surface area contributed by atoms with Crippen LogP contribution in [0.3, 0.4) is 0 Å². The maximum Gasteiger partial charge on any atom is 0.277 e. The average Bonchev–Trinajstić information content (AvgIpc) is 3.16. The Morgan fingerprint density at radius 1 is 1.28 bits per heavy atom. The van der Waals surface area contributed by atoms with E-state index in [1.165, 1.54) is 23.5 Å². The first kappa shape index (κ1) is 16.2. The molecule has 0 atom stereocenters. The number of imidazole rings is 1. The Bertz CT molecular complexity index is 913. The lowest BCUT2D eigenvalue weighted by molar-refractivity contribution is 0.0127. The fourth-order valence-electron chi connectivity index (χ4n) is 2.79. The number of halogens is 1. The van der Waals surface area contributed by atoms with Crippen LogP contribution in [0.15, 0.2) is 30.5 Å². The van der Waals surface area contributed by atoms with Gasteiger partial charge in [-0.15, -0.1) is 0 Å². The van der Waals surface area contributed by atoms with E-state index in [9.17, 15) is 9.18 Å². The van der Waals surface area contributed by atoms with Crippen molar-refractivity contribution in [2.24, 2.45) is 0 Å². The van der Waals surface area contributed by atoms with Crippen molar-refractivity contribution in [2.75, 3.05) is 26.3 Å². The van der Waals surface area contributed by atoms with Gasteiger partial charge in [-0.25, -0.2) is 14.4 Å². The third-order valence-corrected chi connectivity index (χ3v) is 5.33. The predicted octanol–water partition coefficient (Wildman–Crippen LogP) is 2.49. The minimum atomic E-state index is -0.275. The number of hydrogen-bond donors (Lipinski definition) is 1. The predicted molar refractivity (Wildman–Crippen MR) is 93.1 cm³/mol. The molecule has 0 spiro atoms. The van der Waals surface area contributed by atoms with Crippen molar-refractivity contribution in [3.05, 3.63) is 46.9 Å². The highest BCUT2D eigenvalue weighted by Gasteiger charge is 2.20. The fraction of sp³-hybridized carbons (Fsp3) is 0.294. The molecule has 1 amide bonds. The molecule has 3 heterocycles. The van der Waals surface area contributed by atoms with Crippen molar-refractivity contribution in [2.45, 2.75) is 6.92 Å². The monoisotopic (exact) mass is 360 g/mol. The van der Waals surface area contributed by atoms with E-state index in [2.05, 4.69) is 10.4 Å². The summed E-state index contributed by atoms with van der Waals surface area (Å²) in [6, 6.07) is 6.22. The second-order valence-electron chi connectivity index (χ2n) is 5.84. The van der Waals surface area contributed by atoms with Gasteiger partial charge in [0.25, 0.3) is 5.91 Å². The van der Waals surface area contributed by atoms with Crippen LogP contribution in [0.5, 0.6) is 0 Å². The molecule has 2 aromatic heterocycles. The zero-order valence-corrected chi connectivity index (χ0v) is 14.5. The highest BCUT2D eigenvalue weighted by molar-refractivity contribution is 7.19. The van der Waals surface area contributed by atoms with E-state index in [0.29, 0.717) is 31.2 Å². The van der Waals surface area contributed by atoms with Crippen molar-refractivity contribution in [3.8, 4) is 11.3 Å². The van der Waals surface area contributed by atoms with Crippen molar-refractivity contribution in [1.29, 1.82) is 0 Å². The standard InChI is InChI=1S/C17H17FN4O2S/c1-11-15(16(23)20-21-6-8-24-9-7-21)25-17-19-14(10-22(11)17)12-2-4-13(18)5-3-12/h2-5,10H,6-9H2,1H3,(H,20,23). The lowest BCUT2D eigenvalue weighted by Crippen LogP contribution is -2.48. The molecule has 1 N–H and O–H groups in total. The second kappa shape index (κ2) is 6.55. The van der Waals surface area contributed by atoms with Crippen LogP contribution in [0.4, 0.5) is 4.39 Å². The molecule has 0 aliphatic carbocycles. The third kappa shape index (κ3) is 3.15. The summed E-state index contributed by atoms with van der Waals surface area (Å²) in [6.07, 6.45) is 1.87. The molecule has 0 unspecified atom stereocenters. The van der Waals surface area contributed by atoms with Crippen LogP contribution in [0.2, 0.25) is 0 Å². The minimum absolute atomic E-state index is 0.127. The number of nitrogens with one attached hydrogen (secondary N) is 1. The molecule has 0 radical (unpaired) electrons. The molecule has 3 aromatic rings. The van der Waals surface area contributed by atoms with Crippen LogP contribution in [0.1, 0.15) is 15.4 Å². The van der Waals surface area contributed by atoms with Gasteiger partial charge in [0, 0.05) is 30.5 Å². The van der Waals surface area contributed by atoms with Crippen molar-refractivity contribution in [1.82, 2.24) is 19.8 Å². The summed E-state index contributed by atoms with van der Waals surface area (Å²) in [5.41, 5.74) is 5.36. The summed E-state index contributed by atoms with van der Waals surface area (Å²) >= 11 is 1.35. The molecular formula is C17H17FN4O2S. The summed E-state index contributed by atoms with van der Waals surface area (Å²) in [5.74, 6) is -0.402. The molecule has 4 rings (SSSR count). The Kier molecular flexibility index (Phi) is 4.24. The number of nitrogens with zero attached hydrogens (tertiary/aromatic N) is 3. The number of carbonyl (C=O) groups is 1.